The number of fused-ring (bicyclic) bond motifs is 1. The molecule has 2 aliphatic rings. The largest absolute Gasteiger partial charge is 0.398 e. The van der Waals surface area contributed by atoms with E-state index in [4.69, 9.17) is 5.73 Å². The maximum absolute atomic E-state index is 6.34. The average Bonchev–Trinajstić information content (AvgIpc) is 2.83. The van der Waals surface area contributed by atoms with E-state index >= 15 is 0 Å². The highest BCUT2D eigenvalue weighted by Crippen LogP contribution is 2.34. The van der Waals surface area contributed by atoms with Crippen molar-refractivity contribution in [1.82, 2.24) is 5.32 Å². The molecule has 0 aromatic heterocycles. The quantitative estimate of drug-likeness (QED) is 0.708. The molecule has 2 nitrogen and oxygen atoms in total. The smallest absolute Gasteiger partial charge is 0.0397 e. The topological polar surface area (TPSA) is 38.0 Å². The van der Waals surface area contributed by atoms with Crippen LogP contribution in [0.15, 0.2) is 12.1 Å². The number of hydrogen-bond donors (Lipinski definition) is 2. The molecule has 0 radical (unpaired) electrons. The zero-order chi connectivity index (χ0) is 11.0. The van der Waals surface area contributed by atoms with Gasteiger partial charge in [0.15, 0.2) is 0 Å². The Morgan fingerprint density at radius 3 is 2.81 bits per heavy atom. The molecule has 3 rings (SSSR count). The van der Waals surface area contributed by atoms with E-state index in [1.54, 1.807) is 0 Å². The van der Waals surface area contributed by atoms with Gasteiger partial charge in [-0.15, -0.1) is 0 Å². The maximum atomic E-state index is 6.34. The van der Waals surface area contributed by atoms with E-state index in [2.05, 4.69) is 17.4 Å². The van der Waals surface area contributed by atoms with Crippen LogP contribution >= 0.6 is 0 Å². The van der Waals surface area contributed by atoms with Gasteiger partial charge in [0, 0.05) is 11.7 Å². The summed E-state index contributed by atoms with van der Waals surface area (Å²) in [6, 6.07) is 5.06. The molecule has 1 aromatic rings. The molecule has 1 heterocycles. The fraction of sp³-hybridized carbons (Fsp3) is 0.571. The van der Waals surface area contributed by atoms with Crippen LogP contribution in [0.5, 0.6) is 0 Å². The monoisotopic (exact) mass is 216 g/mol. The predicted molar refractivity (Wildman–Crippen MR) is 67.5 cm³/mol. The van der Waals surface area contributed by atoms with E-state index in [0.29, 0.717) is 6.04 Å². The van der Waals surface area contributed by atoms with Gasteiger partial charge < -0.3 is 11.1 Å². The molecule has 3 N–H and O–H groups in total. The summed E-state index contributed by atoms with van der Waals surface area (Å²) in [4.78, 5) is 0. The van der Waals surface area contributed by atoms with Crippen molar-refractivity contribution < 1.29 is 0 Å². The molecular weight excluding hydrogens is 196 g/mol. The van der Waals surface area contributed by atoms with Crippen LogP contribution in [0.1, 0.15) is 48.4 Å². The highest BCUT2D eigenvalue weighted by atomic mass is 14.9. The number of aryl methyl sites for hydroxylation is 1. The van der Waals surface area contributed by atoms with Crippen LogP contribution in [0.2, 0.25) is 0 Å². The van der Waals surface area contributed by atoms with E-state index < -0.39 is 0 Å². The summed E-state index contributed by atoms with van der Waals surface area (Å²) in [5.74, 6) is 0. The lowest BCUT2D eigenvalue weighted by atomic mass is 9.87. The molecule has 0 amide bonds. The first kappa shape index (κ1) is 10.2. The summed E-state index contributed by atoms with van der Waals surface area (Å²) >= 11 is 0. The molecule has 1 fully saturated rings. The molecule has 0 spiro atoms. The Morgan fingerprint density at radius 2 is 2.00 bits per heavy atom. The van der Waals surface area contributed by atoms with Crippen molar-refractivity contribution in [3.8, 4) is 0 Å². The van der Waals surface area contributed by atoms with Crippen LogP contribution in [-0.4, -0.2) is 6.54 Å². The fourth-order valence-corrected chi connectivity index (χ4v) is 3.13. The highest BCUT2D eigenvalue weighted by Gasteiger charge is 2.21. The average molecular weight is 216 g/mol. The Morgan fingerprint density at radius 1 is 1.12 bits per heavy atom. The zero-order valence-corrected chi connectivity index (χ0v) is 9.76. The van der Waals surface area contributed by atoms with Crippen molar-refractivity contribution in [2.45, 2.75) is 44.6 Å². The Bertz CT molecular complexity index is 392. The van der Waals surface area contributed by atoms with Crippen LogP contribution in [0, 0.1) is 0 Å². The van der Waals surface area contributed by atoms with Crippen molar-refractivity contribution in [2.75, 3.05) is 12.3 Å². The number of nitrogens with one attached hydrogen (secondary N) is 1. The number of hydrogen-bond acceptors (Lipinski definition) is 2. The van der Waals surface area contributed by atoms with Gasteiger partial charge in [0.2, 0.25) is 0 Å². The van der Waals surface area contributed by atoms with Gasteiger partial charge in [-0.1, -0.05) is 12.1 Å². The molecular formula is C14H20N2. The molecule has 0 saturated carbocycles. The Hall–Kier alpha value is -1.02. The summed E-state index contributed by atoms with van der Waals surface area (Å²) in [6.45, 7) is 1.14. The predicted octanol–water partition coefficient (Wildman–Crippen LogP) is 2.57. The van der Waals surface area contributed by atoms with E-state index in [1.165, 1.54) is 55.2 Å². The summed E-state index contributed by atoms with van der Waals surface area (Å²) in [6.07, 6.45) is 7.55. The van der Waals surface area contributed by atoms with Gasteiger partial charge in [0.1, 0.15) is 0 Å². The lowest BCUT2D eigenvalue weighted by Gasteiger charge is -2.22. The zero-order valence-electron chi connectivity index (χ0n) is 9.76. The van der Waals surface area contributed by atoms with E-state index in [0.717, 1.165) is 12.2 Å². The van der Waals surface area contributed by atoms with Gasteiger partial charge in [-0.25, -0.2) is 0 Å². The van der Waals surface area contributed by atoms with Crippen molar-refractivity contribution in [1.29, 1.82) is 0 Å². The van der Waals surface area contributed by atoms with Crippen molar-refractivity contribution in [3.05, 3.63) is 28.8 Å². The molecule has 1 aliphatic carbocycles. The first-order valence-corrected chi connectivity index (χ1v) is 6.50. The third-order valence-corrected chi connectivity index (χ3v) is 4.05. The molecule has 1 aliphatic heterocycles. The van der Waals surface area contributed by atoms with Gasteiger partial charge in [-0.3, -0.25) is 0 Å². The standard InChI is InChI=1S/C14H20N2/c15-14-11-5-2-1-4-10(11)7-8-12(14)13-6-3-9-16-13/h7-8,13,16H,1-6,9,15H2/t13-/m1/s1. The van der Waals surface area contributed by atoms with Crippen LogP contribution in [0.3, 0.4) is 0 Å². The molecule has 0 unspecified atom stereocenters. The first-order valence-electron chi connectivity index (χ1n) is 6.50. The van der Waals surface area contributed by atoms with Crippen LogP contribution < -0.4 is 11.1 Å². The van der Waals surface area contributed by atoms with Gasteiger partial charge in [0.05, 0.1) is 0 Å². The molecule has 1 aromatic carbocycles. The number of nitrogen functional groups attached to an aromatic ring is 1. The van der Waals surface area contributed by atoms with Crippen LogP contribution in [-0.2, 0) is 12.8 Å². The Balaban J connectivity index is 1.99. The minimum absolute atomic E-state index is 0.507. The maximum Gasteiger partial charge on any atom is 0.0397 e. The van der Waals surface area contributed by atoms with Crippen molar-refractivity contribution in [3.63, 3.8) is 0 Å². The minimum atomic E-state index is 0.507. The minimum Gasteiger partial charge on any atom is -0.398 e. The number of benzene rings is 1. The summed E-state index contributed by atoms with van der Waals surface area (Å²) in [5, 5.41) is 3.54. The van der Waals surface area contributed by atoms with Gasteiger partial charge in [-0.05, 0) is 61.8 Å². The molecule has 1 atom stereocenters. The highest BCUT2D eigenvalue weighted by molar-refractivity contribution is 5.59. The lowest BCUT2D eigenvalue weighted by molar-refractivity contribution is 0.642. The normalized spacial score (nSPS) is 24.4. The number of nitrogens with two attached hydrogens (primary N) is 1. The molecule has 16 heavy (non-hydrogen) atoms. The first-order chi connectivity index (χ1) is 7.86. The Kier molecular flexibility index (Phi) is 2.60. The van der Waals surface area contributed by atoms with Gasteiger partial charge >= 0.3 is 0 Å². The summed E-state index contributed by atoms with van der Waals surface area (Å²) in [5.41, 5.74) is 11.7. The lowest BCUT2D eigenvalue weighted by Crippen LogP contribution is -2.17. The third-order valence-electron chi connectivity index (χ3n) is 4.05. The van der Waals surface area contributed by atoms with Crippen LogP contribution in [0.4, 0.5) is 5.69 Å². The molecule has 2 heteroatoms. The third kappa shape index (κ3) is 1.61. The van der Waals surface area contributed by atoms with Gasteiger partial charge in [-0.2, -0.15) is 0 Å². The second kappa shape index (κ2) is 4.10. The molecule has 1 saturated heterocycles. The number of rotatable bonds is 1. The Labute approximate surface area is 97.2 Å². The summed E-state index contributed by atoms with van der Waals surface area (Å²) < 4.78 is 0. The molecule has 86 valence electrons. The second-order valence-electron chi connectivity index (χ2n) is 5.06. The van der Waals surface area contributed by atoms with E-state index in [1.807, 2.05) is 0 Å². The SMILES string of the molecule is Nc1c([C@H]2CCCN2)ccc2c1CCCC2. The van der Waals surface area contributed by atoms with E-state index in [-0.39, 0.29) is 0 Å². The van der Waals surface area contributed by atoms with Crippen LogP contribution in [0.25, 0.3) is 0 Å². The number of anilines is 1. The van der Waals surface area contributed by atoms with Crippen molar-refractivity contribution in [2.24, 2.45) is 0 Å². The fourth-order valence-electron chi connectivity index (χ4n) is 3.13. The van der Waals surface area contributed by atoms with E-state index in [9.17, 15) is 0 Å². The van der Waals surface area contributed by atoms with Gasteiger partial charge in [0.25, 0.3) is 0 Å². The molecule has 0 bridgehead atoms. The summed E-state index contributed by atoms with van der Waals surface area (Å²) in [7, 11) is 0. The van der Waals surface area contributed by atoms with Crippen molar-refractivity contribution >= 4 is 5.69 Å². The second-order valence-corrected chi connectivity index (χ2v) is 5.06.